The Bertz CT molecular complexity index is 521. The van der Waals surface area contributed by atoms with Gasteiger partial charge in [-0.25, -0.2) is 13.6 Å². The third-order valence-corrected chi connectivity index (χ3v) is 2.78. The topological polar surface area (TPSA) is 60.1 Å². The number of carbonyl (C=O) groups excluding carboxylic acids is 1. The monoisotopic (exact) mass is 315 g/mol. The van der Waals surface area contributed by atoms with E-state index in [2.05, 4.69) is 5.32 Å². The number of hydrogen-bond acceptors (Lipinski definition) is 4. The fraction of sp³-hybridized carbons (Fsp3) is 0.533. The van der Waals surface area contributed by atoms with Crippen molar-refractivity contribution in [3.05, 3.63) is 29.8 Å². The quantitative estimate of drug-likeness (QED) is 0.849. The average molecular weight is 315 g/mol. The molecule has 22 heavy (non-hydrogen) atoms. The predicted molar refractivity (Wildman–Crippen MR) is 74.8 cm³/mol. The maximum Gasteiger partial charge on any atom is 0.408 e. The van der Waals surface area contributed by atoms with Gasteiger partial charge < -0.3 is 19.5 Å². The van der Waals surface area contributed by atoms with E-state index in [-0.39, 0.29) is 18.5 Å². The van der Waals surface area contributed by atoms with E-state index in [1.165, 1.54) is 0 Å². The summed E-state index contributed by atoms with van der Waals surface area (Å²) in [5, 5.41) is 2.64. The molecule has 1 aromatic rings. The Morgan fingerprint density at radius 2 is 1.95 bits per heavy atom. The molecule has 1 aromatic carbocycles. The van der Waals surface area contributed by atoms with Crippen molar-refractivity contribution < 1.29 is 27.8 Å². The molecular weight excluding hydrogens is 296 g/mol. The molecule has 0 spiro atoms. The third kappa shape index (κ3) is 5.48. The highest BCUT2D eigenvalue weighted by Crippen LogP contribution is 2.19. The van der Waals surface area contributed by atoms with Crippen molar-refractivity contribution in [3.63, 3.8) is 0 Å². The second-order valence-corrected chi connectivity index (χ2v) is 6.04. The summed E-state index contributed by atoms with van der Waals surface area (Å²) in [4.78, 5) is 11.8. The zero-order valence-electron chi connectivity index (χ0n) is 12.7. The van der Waals surface area contributed by atoms with Crippen molar-refractivity contribution in [2.24, 2.45) is 0 Å². The zero-order valence-corrected chi connectivity index (χ0v) is 12.7. The Kier molecular flexibility index (Phi) is 4.85. The van der Waals surface area contributed by atoms with Crippen LogP contribution in [0.4, 0.5) is 13.6 Å². The number of hydrogen-bond donors (Lipinski definition) is 1. The Morgan fingerprint density at radius 3 is 2.45 bits per heavy atom. The summed E-state index contributed by atoms with van der Waals surface area (Å²) < 4.78 is 41.8. The van der Waals surface area contributed by atoms with Crippen LogP contribution in [0.1, 0.15) is 20.8 Å². The summed E-state index contributed by atoms with van der Waals surface area (Å²) in [6, 6.07) is 2.44. The lowest BCUT2D eigenvalue weighted by molar-refractivity contribution is 0.0475. The first-order chi connectivity index (χ1) is 10.2. The summed E-state index contributed by atoms with van der Waals surface area (Å²) in [5.41, 5.74) is -0.619. The predicted octanol–water partition coefficient (Wildman–Crippen LogP) is 2.64. The molecule has 2 rings (SSSR count). The maximum atomic E-state index is 13.1. The molecule has 1 aliphatic rings. The minimum Gasteiger partial charge on any atom is -0.491 e. The van der Waals surface area contributed by atoms with E-state index in [0.717, 1.165) is 18.2 Å². The van der Waals surface area contributed by atoms with Gasteiger partial charge in [-0.15, -0.1) is 0 Å². The molecule has 1 fully saturated rings. The molecule has 1 saturated heterocycles. The summed E-state index contributed by atoms with van der Waals surface area (Å²) in [5.74, 6) is -1.40. The van der Waals surface area contributed by atoms with Gasteiger partial charge in [0.2, 0.25) is 0 Å². The van der Waals surface area contributed by atoms with Crippen molar-refractivity contribution >= 4 is 6.09 Å². The van der Waals surface area contributed by atoms with Gasteiger partial charge in [-0.1, -0.05) is 0 Å². The SMILES string of the molecule is CC(C)(C)OC(=O)N[C@@H](COc1cc(F)cc(F)c1)C1CO1. The van der Waals surface area contributed by atoms with Gasteiger partial charge in [0.1, 0.15) is 35.7 Å². The summed E-state index contributed by atoms with van der Waals surface area (Å²) in [6.07, 6.45) is -0.784. The minimum atomic E-state index is -0.727. The van der Waals surface area contributed by atoms with Crippen LogP contribution in [0.15, 0.2) is 18.2 Å². The van der Waals surface area contributed by atoms with Gasteiger partial charge in [0.05, 0.1) is 12.6 Å². The Balaban J connectivity index is 1.90. The summed E-state index contributed by atoms with van der Waals surface area (Å²) in [6.45, 7) is 5.76. The van der Waals surface area contributed by atoms with E-state index in [4.69, 9.17) is 14.2 Å². The molecule has 0 aliphatic carbocycles. The zero-order chi connectivity index (χ0) is 16.3. The van der Waals surface area contributed by atoms with Crippen LogP contribution in [-0.2, 0) is 9.47 Å². The maximum absolute atomic E-state index is 13.1. The first kappa shape index (κ1) is 16.5. The second-order valence-electron chi connectivity index (χ2n) is 6.04. The number of ether oxygens (including phenoxy) is 3. The first-order valence-electron chi connectivity index (χ1n) is 6.93. The smallest absolute Gasteiger partial charge is 0.408 e. The molecule has 0 aromatic heterocycles. The van der Waals surface area contributed by atoms with E-state index >= 15 is 0 Å². The first-order valence-corrected chi connectivity index (χ1v) is 6.93. The number of amides is 1. The van der Waals surface area contributed by atoms with Gasteiger partial charge in [-0.05, 0) is 20.8 Å². The van der Waals surface area contributed by atoms with Crippen molar-refractivity contribution in [1.29, 1.82) is 0 Å². The molecule has 0 radical (unpaired) electrons. The lowest BCUT2D eigenvalue weighted by atomic mass is 10.2. The lowest BCUT2D eigenvalue weighted by Gasteiger charge is -2.23. The van der Waals surface area contributed by atoms with Gasteiger partial charge in [0.15, 0.2) is 0 Å². The number of epoxide rings is 1. The van der Waals surface area contributed by atoms with Crippen molar-refractivity contribution in [2.45, 2.75) is 38.5 Å². The molecule has 1 N–H and O–H groups in total. The molecule has 5 nitrogen and oxygen atoms in total. The molecule has 0 bridgehead atoms. The van der Waals surface area contributed by atoms with Crippen LogP contribution in [0, 0.1) is 11.6 Å². The van der Waals surface area contributed by atoms with E-state index in [9.17, 15) is 13.6 Å². The highest BCUT2D eigenvalue weighted by Gasteiger charge is 2.35. The van der Waals surface area contributed by atoms with E-state index in [1.807, 2.05) is 0 Å². The van der Waals surface area contributed by atoms with Crippen LogP contribution < -0.4 is 10.1 Å². The summed E-state index contributed by atoms with van der Waals surface area (Å²) in [7, 11) is 0. The normalized spacial score (nSPS) is 18.5. The van der Waals surface area contributed by atoms with Crippen molar-refractivity contribution in [1.82, 2.24) is 5.32 Å². The Hall–Kier alpha value is -1.89. The van der Waals surface area contributed by atoms with Crippen LogP contribution in [-0.4, -0.2) is 37.1 Å². The van der Waals surface area contributed by atoms with E-state index < -0.39 is 29.4 Å². The fourth-order valence-electron chi connectivity index (χ4n) is 1.79. The molecule has 1 aliphatic heterocycles. The van der Waals surface area contributed by atoms with Crippen LogP contribution in [0.2, 0.25) is 0 Å². The van der Waals surface area contributed by atoms with E-state index in [1.54, 1.807) is 20.8 Å². The minimum absolute atomic E-state index is 0.0206. The molecule has 0 saturated carbocycles. The summed E-state index contributed by atoms with van der Waals surface area (Å²) >= 11 is 0. The van der Waals surface area contributed by atoms with Crippen molar-refractivity contribution in [2.75, 3.05) is 13.2 Å². The molecule has 7 heteroatoms. The number of carbonyl (C=O) groups is 1. The van der Waals surface area contributed by atoms with Gasteiger partial charge in [-0.2, -0.15) is 0 Å². The van der Waals surface area contributed by atoms with Crippen LogP contribution in [0.5, 0.6) is 5.75 Å². The Morgan fingerprint density at radius 1 is 1.36 bits per heavy atom. The largest absolute Gasteiger partial charge is 0.491 e. The van der Waals surface area contributed by atoms with Gasteiger partial charge >= 0.3 is 6.09 Å². The highest BCUT2D eigenvalue weighted by molar-refractivity contribution is 5.68. The molecular formula is C15H19F2NO4. The molecule has 1 amide bonds. The van der Waals surface area contributed by atoms with E-state index in [0.29, 0.717) is 6.61 Å². The molecule has 1 heterocycles. The number of halogens is 2. The third-order valence-electron chi connectivity index (χ3n) is 2.78. The van der Waals surface area contributed by atoms with Crippen molar-refractivity contribution in [3.8, 4) is 5.75 Å². The van der Waals surface area contributed by atoms with Gasteiger partial charge in [0.25, 0.3) is 0 Å². The van der Waals surface area contributed by atoms with Gasteiger partial charge in [0, 0.05) is 18.2 Å². The second kappa shape index (κ2) is 6.48. The van der Waals surface area contributed by atoms with Crippen LogP contribution in [0.25, 0.3) is 0 Å². The Labute approximate surface area is 127 Å². The number of nitrogens with one attached hydrogen (secondary N) is 1. The number of benzene rings is 1. The number of alkyl carbamates (subject to hydrolysis) is 1. The van der Waals surface area contributed by atoms with Crippen LogP contribution in [0.3, 0.4) is 0 Å². The molecule has 2 atom stereocenters. The lowest BCUT2D eigenvalue weighted by Crippen LogP contribution is -2.45. The average Bonchev–Trinajstić information content (AvgIpc) is 3.15. The molecule has 1 unspecified atom stereocenters. The highest BCUT2D eigenvalue weighted by atomic mass is 19.1. The number of rotatable bonds is 5. The fourth-order valence-corrected chi connectivity index (χ4v) is 1.79. The van der Waals surface area contributed by atoms with Gasteiger partial charge in [-0.3, -0.25) is 0 Å². The van der Waals surface area contributed by atoms with Crippen LogP contribution >= 0.6 is 0 Å². The molecule has 122 valence electrons. The standard InChI is InChI=1S/C15H19F2NO4/c1-15(2,3)22-14(19)18-12(13-8-21-13)7-20-11-5-9(16)4-10(17)6-11/h4-6,12-13H,7-8H2,1-3H3,(H,18,19)/t12-,13?/m0/s1.